The first-order valence-electron chi connectivity index (χ1n) is 7.38. The lowest BCUT2D eigenvalue weighted by Gasteiger charge is -2.23. The van der Waals surface area contributed by atoms with E-state index in [1.165, 1.54) is 6.26 Å². The number of carboxylic acids is 1. The summed E-state index contributed by atoms with van der Waals surface area (Å²) >= 11 is 0. The van der Waals surface area contributed by atoms with E-state index in [0.29, 0.717) is 5.76 Å². The Morgan fingerprint density at radius 1 is 0.870 bits per heavy atom. The molecule has 0 bridgehead atoms. The van der Waals surface area contributed by atoms with Crippen molar-refractivity contribution in [2.24, 2.45) is 0 Å². The molecule has 0 saturated carbocycles. The van der Waals surface area contributed by atoms with Gasteiger partial charge in [0.2, 0.25) is 0 Å². The van der Waals surface area contributed by atoms with Crippen LogP contribution in [-0.4, -0.2) is 11.1 Å². The highest BCUT2D eigenvalue weighted by atomic mass is 16.4. The van der Waals surface area contributed by atoms with Gasteiger partial charge in [0.1, 0.15) is 5.76 Å². The van der Waals surface area contributed by atoms with Crippen molar-refractivity contribution in [3.63, 3.8) is 0 Å². The van der Waals surface area contributed by atoms with Gasteiger partial charge in [0.15, 0.2) is 6.04 Å². The van der Waals surface area contributed by atoms with Crippen LogP contribution in [0.15, 0.2) is 83.5 Å². The fourth-order valence-corrected chi connectivity index (χ4v) is 2.57. The molecular formula is C19H17NO3. The molecule has 0 fully saturated rings. The molecule has 116 valence electrons. The summed E-state index contributed by atoms with van der Waals surface area (Å²) in [7, 11) is 0. The summed E-state index contributed by atoms with van der Waals surface area (Å²) in [6.45, 7) is 0. The molecule has 4 heteroatoms. The SMILES string of the molecule is O=C(O)[C@H](NC(c1ccccc1)c1ccccc1)c1ccco1. The molecule has 0 aliphatic rings. The quantitative estimate of drug-likeness (QED) is 0.727. The molecule has 23 heavy (non-hydrogen) atoms. The Labute approximate surface area is 134 Å². The molecule has 0 aliphatic carbocycles. The lowest BCUT2D eigenvalue weighted by atomic mass is 9.97. The summed E-state index contributed by atoms with van der Waals surface area (Å²) < 4.78 is 5.29. The van der Waals surface area contributed by atoms with Crippen LogP contribution in [0.4, 0.5) is 0 Å². The summed E-state index contributed by atoms with van der Waals surface area (Å²) in [6.07, 6.45) is 1.48. The standard InChI is InChI=1S/C19H17NO3/c21-19(22)18(16-12-7-13-23-16)20-17(14-8-3-1-4-9-14)15-10-5-2-6-11-15/h1-13,17-18,20H,(H,21,22)/t18-/m1/s1. The molecule has 0 amide bonds. The van der Waals surface area contributed by atoms with Gasteiger partial charge in [-0.15, -0.1) is 0 Å². The maximum Gasteiger partial charge on any atom is 0.328 e. The zero-order valence-electron chi connectivity index (χ0n) is 12.4. The van der Waals surface area contributed by atoms with Gasteiger partial charge in [-0.2, -0.15) is 0 Å². The molecule has 0 saturated heterocycles. The Balaban J connectivity index is 1.97. The van der Waals surface area contributed by atoms with E-state index in [0.717, 1.165) is 11.1 Å². The van der Waals surface area contributed by atoms with Gasteiger partial charge < -0.3 is 9.52 Å². The number of rotatable bonds is 6. The van der Waals surface area contributed by atoms with E-state index in [4.69, 9.17) is 4.42 Å². The van der Waals surface area contributed by atoms with E-state index in [9.17, 15) is 9.90 Å². The lowest BCUT2D eigenvalue weighted by Crippen LogP contribution is -2.32. The van der Waals surface area contributed by atoms with Crippen LogP contribution in [0.5, 0.6) is 0 Å². The van der Waals surface area contributed by atoms with Crippen LogP contribution in [0, 0.1) is 0 Å². The van der Waals surface area contributed by atoms with Crippen molar-refractivity contribution >= 4 is 5.97 Å². The number of aliphatic carboxylic acids is 1. The van der Waals surface area contributed by atoms with E-state index >= 15 is 0 Å². The van der Waals surface area contributed by atoms with Crippen LogP contribution < -0.4 is 5.32 Å². The molecule has 2 aromatic carbocycles. The molecule has 2 N–H and O–H groups in total. The summed E-state index contributed by atoms with van der Waals surface area (Å²) in [5.74, 6) is -0.592. The van der Waals surface area contributed by atoms with E-state index in [1.54, 1.807) is 12.1 Å². The monoisotopic (exact) mass is 307 g/mol. The van der Waals surface area contributed by atoms with Crippen molar-refractivity contribution in [3.8, 4) is 0 Å². The Bertz CT molecular complexity index is 699. The van der Waals surface area contributed by atoms with E-state index in [2.05, 4.69) is 5.32 Å². The van der Waals surface area contributed by atoms with Gasteiger partial charge in [-0.3, -0.25) is 10.1 Å². The number of nitrogens with one attached hydrogen (secondary N) is 1. The fraction of sp³-hybridized carbons (Fsp3) is 0.105. The zero-order chi connectivity index (χ0) is 16.1. The smallest absolute Gasteiger partial charge is 0.328 e. The molecule has 1 heterocycles. The van der Waals surface area contributed by atoms with Crippen LogP contribution in [0.2, 0.25) is 0 Å². The average molecular weight is 307 g/mol. The minimum atomic E-state index is -0.975. The molecule has 1 atom stereocenters. The maximum atomic E-state index is 11.7. The molecule has 0 radical (unpaired) electrons. The van der Waals surface area contributed by atoms with Crippen LogP contribution >= 0.6 is 0 Å². The van der Waals surface area contributed by atoms with Crippen molar-refractivity contribution in [1.82, 2.24) is 5.32 Å². The Hall–Kier alpha value is -2.85. The molecule has 0 spiro atoms. The van der Waals surface area contributed by atoms with Gasteiger partial charge >= 0.3 is 5.97 Å². The maximum absolute atomic E-state index is 11.7. The first kappa shape index (κ1) is 15.1. The van der Waals surface area contributed by atoms with E-state index in [-0.39, 0.29) is 6.04 Å². The summed E-state index contributed by atoms with van der Waals surface area (Å²) in [5.41, 5.74) is 1.99. The Morgan fingerprint density at radius 3 is 1.87 bits per heavy atom. The summed E-state index contributed by atoms with van der Waals surface area (Å²) in [5, 5.41) is 12.8. The van der Waals surface area contributed by atoms with Gasteiger partial charge in [0.25, 0.3) is 0 Å². The van der Waals surface area contributed by atoms with Crippen LogP contribution in [0.25, 0.3) is 0 Å². The predicted molar refractivity (Wildman–Crippen MR) is 86.9 cm³/mol. The Morgan fingerprint density at radius 2 is 1.43 bits per heavy atom. The zero-order valence-corrected chi connectivity index (χ0v) is 12.4. The van der Waals surface area contributed by atoms with Crippen molar-refractivity contribution in [2.75, 3.05) is 0 Å². The summed E-state index contributed by atoms with van der Waals surface area (Å²) in [6, 6.07) is 21.7. The fourth-order valence-electron chi connectivity index (χ4n) is 2.57. The van der Waals surface area contributed by atoms with Crippen molar-refractivity contribution in [2.45, 2.75) is 12.1 Å². The number of furan rings is 1. The van der Waals surface area contributed by atoms with Crippen LogP contribution in [0.1, 0.15) is 29.0 Å². The van der Waals surface area contributed by atoms with Gasteiger partial charge in [0.05, 0.1) is 12.3 Å². The van der Waals surface area contributed by atoms with Crippen LogP contribution in [0.3, 0.4) is 0 Å². The highest BCUT2D eigenvalue weighted by molar-refractivity contribution is 5.74. The molecule has 0 unspecified atom stereocenters. The van der Waals surface area contributed by atoms with E-state index < -0.39 is 12.0 Å². The van der Waals surface area contributed by atoms with Gasteiger partial charge in [-0.1, -0.05) is 60.7 Å². The number of hydrogen-bond acceptors (Lipinski definition) is 3. The van der Waals surface area contributed by atoms with Crippen molar-refractivity contribution in [1.29, 1.82) is 0 Å². The largest absolute Gasteiger partial charge is 0.480 e. The number of hydrogen-bond donors (Lipinski definition) is 2. The molecule has 1 aromatic heterocycles. The highest BCUT2D eigenvalue weighted by Crippen LogP contribution is 2.26. The minimum absolute atomic E-state index is 0.247. The van der Waals surface area contributed by atoms with Crippen molar-refractivity contribution < 1.29 is 14.3 Å². The predicted octanol–water partition coefficient (Wildman–Crippen LogP) is 3.78. The molecule has 3 rings (SSSR count). The average Bonchev–Trinajstić information content (AvgIpc) is 3.11. The molecular weight excluding hydrogens is 290 g/mol. The Kier molecular flexibility index (Phi) is 4.54. The third-order valence-corrected chi connectivity index (χ3v) is 3.67. The summed E-state index contributed by atoms with van der Waals surface area (Å²) in [4.78, 5) is 11.7. The number of benzene rings is 2. The number of carbonyl (C=O) groups is 1. The van der Waals surface area contributed by atoms with Gasteiger partial charge in [-0.25, -0.2) is 0 Å². The molecule has 3 aromatic rings. The third kappa shape index (κ3) is 3.49. The first-order chi connectivity index (χ1) is 11.3. The third-order valence-electron chi connectivity index (χ3n) is 3.67. The van der Waals surface area contributed by atoms with Gasteiger partial charge in [-0.05, 0) is 23.3 Å². The van der Waals surface area contributed by atoms with Crippen molar-refractivity contribution in [3.05, 3.63) is 95.9 Å². The second-order valence-electron chi connectivity index (χ2n) is 5.21. The van der Waals surface area contributed by atoms with Gasteiger partial charge in [0, 0.05) is 0 Å². The topological polar surface area (TPSA) is 62.5 Å². The molecule has 4 nitrogen and oxygen atoms in total. The number of carboxylic acid groups (broad SMARTS) is 1. The highest BCUT2D eigenvalue weighted by Gasteiger charge is 2.27. The second kappa shape index (κ2) is 6.94. The lowest BCUT2D eigenvalue weighted by molar-refractivity contribution is -0.140. The second-order valence-corrected chi connectivity index (χ2v) is 5.21. The minimum Gasteiger partial charge on any atom is -0.480 e. The normalized spacial score (nSPS) is 12.2. The molecule has 0 aliphatic heterocycles. The van der Waals surface area contributed by atoms with E-state index in [1.807, 2.05) is 60.7 Å². The van der Waals surface area contributed by atoms with Crippen LogP contribution in [-0.2, 0) is 4.79 Å². The first-order valence-corrected chi connectivity index (χ1v) is 7.38.